The zero-order valence-electron chi connectivity index (χ0n) is 39.0. The minimum atomic E-state index is -0.544. The van der Waals surface area contributed by atoms with Crippen molar-refractivity contribution >= 4 is 31.5 Å². The minimum Gasteiger partial charge on any atom is -0.208 e. The minimum absolute atomic E-state index is 0.0655. The van der Waals surface area contributed by atoms with Crippen LogP contribution >= 0.6 is 11.3 Å². The highest BCUT2D eigenvalue weighted by Crippen LogP contribution is 2.44. The molecule has 0 atom stereocenters. The van der Waals surface area contributed by atoms with Crippen LogP contribution in [0.25, 0.3) is 98.8 Å². The maximum atomic E-state index is 8.94. The quantitative estimate of drug-likeness (QED) is 0.164. The van der Waals surface area contributed by atoms with E-state index in [1.807, 2.05) is 91.0 Å². The number of benzene rings is 8. The van der Waals surface area contributed by atoms with Crippen molar-refractivity contribution in [2.45, 2.75) is 0 Å². The Morgan fingerprint density at radius 1 is 0.345 bits per heavy atom. The zero-order valence-corrected chi connectivity index (χ0v) is 29.8. The molecule has 0 aliphatic rings. The summed E-state index contributed by atoms with van der Waals surface area (Å²) in [5.74, 6) is 1.34. The fourth-order valence-electron chi connectivity index (χ4n) is 6.83. The lowest BCUT2D eigenvalue weighted by atomic mass is 9.96. The molecular weight excluding hydrogens is 687 g/mol. The van der Waals surface area contributed by atoms with E-state index in [0.717, 1.165) is 43.5 Å². The van der Waals surface area contributed by atoms with Crippen LogP contribution in [0.5, 0.6) is 0 Å². The van der Waals surface area contributed by atoms with Crippen LogP contribution in [0.3, 0.4) is 0 Å². The van der Waals surface area contributed by atoms with Gasteiger partial charge < -0.3 is 0 Å². The second-order valence-electron chi connectivity index (χ2n) is 12.9. The van der Waals surface area contributed by atoms with E-state index in [-0.39, 0.29) is 22.3 Å². The Hall–Kier alpha value is -7.01. The number of aromatic nitrogens is 3. The molecule has 0 bridgehead atoms. The summed E-state index contributed by atoms with van der Waals surface area (Å²) < 4.78 is 87.1. The van der Waals surface area contributed by atoms with Crippen molar-refractivity contribution in [3.63, 3.8) is 0 Å². The monoisotopic (exact) mass is 729 g/mol. The smallest absolute Gasteiger partial charge is 0.164 e. The van der Waals surface area contributed by atoms with E-state index in [2.05, 4.69) is 36.4 Å². The molecule has 8 aromatic carbocycles. The van der Waals surface area contributed by atoms with Gasteiger partial charge in [0.25, 0.3) is 0 Å². The van der Waals surface area contributed by atoms with Crippen molar-refractivity contribution in [1.29, 1.82) is 0 Å². The Bertz CT molecular complexity index is 3400. The highest BCUT2D eigenvalue weighted by Gasteiger charge is 2.17. The molecule has 0 aliphatic carbocycles. The third-order valence-electron chi connectivity index (χ3n) is 9.48. The van der Waals surface area contributed by atoms with Gasteiger partial charge in [-0.1, -0.05) is 170 Å². The van der Waals surface area contributed by atoms with Crippen molar-refractivity contribution in [2.24, 2.45) is 0 Å². The van der Waals surface area contributed by atoms with Crippen LogP contribution in [0.2, 0.25) is 0 Å². The van der Waals surface area contributed by atoms with E-state index in [1.165, 1.54) is 11.3 Å². The summed E-state index contributed by atoms with van der Waals surface area (Å²) in [5, 5.41) is 1.34. The van der Waals surface area contributed by atoms with Gasteiger partial charge in [-0.05, 0) is 69.3 Å². The summed E-state index contributed by atoms with van der Waals surface area (Å²) in [7, 11) is 0. The van der Waals surface area contributed by atoms with Crippen molar-refractivity contribution in [1.82, 2.24) is 15.0 Å². The average Bonchev–Trinajstić information content (AvgIpc) is 3.72. The highest BCUT2D eigenvalue weighted by molar-refractivity contribution is 7.26. The predicted molar refractivity (Wildman–Crippen MR) is 231 cm³/mol. The summed E-state index contributed by atoms with van der Waals surface area (Å²) in [6.45, 7) is 0. The van der Waals surface area contributed by atoms with Gasteiger partial charge in [0.1, 0.15) is 0 Å². The zero-order chi connectivity index (χ0) is 45.3. The SMILES string of the molecule is [2H]c1c([2H])c([2H])c(-c2cc(-c3c([2H])c([2H])c([2H])c([2H])c3[2H])c3sc4cc(-c5nc(-c6cccc(-c7ccccc7)c6)nc(-c6cccc(-c7ccccc7)c6)n5)ccc4c3c2)c([2H])c1[2H]. The second kappa shape index (κ2) is 14.1. The van der Waals surface area contributed by atoms with Crippen LogP contribution in [0, 0.1) is 0 Å². The fraction of sp³-hybridized carbons (Fsp3) is 0. The van der Waals surface area contributed by atoms with Gasteiger partial charge in [0.15, 0.2) is 17.5 Å². The Kier molecular flexibility index (Phi) is 6.05. The topological polar surface area (TPSA) is 38.7 Å². The summed E-state index contributed by atoms with van der Waals surface area (Å²) in [6.07, 6.45) is 0. The lowest BCUT2D eigenvalue weighted by Gasteiger charge is -2.11. The molecule has 0 N–H and O–H groups in total. The van der Waals surface area contributed by atoms with E-state index in [1.54, 1.807) is 12.1 Å². The second-order valence-corrected chi connectivity index (χ2v) is 14.0. The molecule has 0 amide bonds. The molecule has 2 heterocycles. The summed E-state index contributed by atoms with van der Waals surface area (Å²) in [5.41, 5.74) is 6.73. The van der Waals surface area contributed by atoms with E-state index in [4.69, 9.17) is 28.7 Å². The van der Waals surface area contributed by atoms with Crippen LogP contribution in [-0.4, -0.2) is 15.0 Å². The van der Waals surface area contributed by atoms with E-state index >= 15 is 0 Å². The van der Waals surface area contributed by atoms with Crippen LogP contribution < -0.4 is 0 Å². The third-order valence-corrected chi connectivity index (χ3v) is 10.7. The molecule has 0 radical (unpaired) electrons. The molecule has 2 aromatic heterocycles. The summed E-state index contributed by atoms with van der Waals surface area (Å²) >= 11 is 1.34. The Morgan fingerprint density at radius 3 is 1.40 bits per heavy atom. The molecule has 10 aromatic rings. The number of fused-ring (bicyclic) bond motifs is 3. The van der Waals surface area contributed by atoms with Gasteiger partial charge in [0.05, 0.1) is 13.7 Å². The number of hydrogen-bond donors (Lipinski definition) is 0. The number of rotatable bonds is 7. The molecule has 0 aliphatic heterocycles. The molecule has 55 heavy (non-hydrogen) atoms. The van der Waals surface area contributed by atoms with Crippen LogP contribution in [0.1, 0.15) is 13.7 Å². The summed E-state index contributed by atoms with van der Waals surface area (Å²) in [4.78, 5) is 15.2. The van der Waals surface area contributed by atoms with Crippen molar-refractivity contribution in [3.05, 3.63) is 200 Å². The van der Waals surface area contributed by atoms with E-state index in [0.29, 0.717) is 33.1 Å². The molecular formula is C51H33N3S. The van der Waals surface area contributed by atoms with Gasteiger partial charge in [-0.15, -0.1) is 11.3 Å². The van der Waals surface area contributed by atoms with Gasteiger partial charge in [-0.25, -0.2) is 15.0 Å². The van der Waals surface area contributed by atoms with Crippen molar-refractivity contribution < 1.29 is 13.7 Å². The number of nitrogens with zero attached hydrogens (tertiary/aromatic N) is 3. The van der Waals surface area contributed by atoms with Gasteiger partial charge in [-0.3, -0.25) is 0 Å². The Morgan fingerprint density at radius 2 is 0.836 bits per heavy atom. The fourth-order valence-corrected chi connectivity index (χ4v) is 8.07. The van der Waals surface area contributed by atoms with Crippen LogP contribution in [0.4, 0.5) is 0 Å². The van der Waals surface area contributed by atoms with Gasteiger partial charge in [0, 0.05) is 42.4 Å². The molecule has 0 saturated carbocycles. The van der Waals surface area contributed by atoms with E-state index in [9.17, 15) is 0 Å². The molecule has 4 heteroatoms. The molecule has 10 rings (SSSR count). The molecule has 0 unspecified atom stereocenters. The first kappa shape index (κ1) is 23.6. The summed E-state index contributed by atoms with van der Waals surface area (Å²) in [6, 6.07) is 40.4. The molecule has 3 nitrogen and oxygen atoms in total. The van der Waals surface area contributed by atoms with Gasteiger partial charge in [-0.2, -0.15) is 0 Å². The van der Waals surface area contributed by atoms with Crippen molar-refractivity contribution in [2.75, 3.05) is 0 Å². The highest BCUT2D eigenvalue weighted by atomic mass is 32.1. The molecule has 258 valence electrons. The Balaban J connectivity index is 1.20. The van der Waals surface area contributed by atoms with Crippen LogP contribution in [-0.2, 0) is 0 Å². The van der Waals surface area contributed by atoms with E-state index < -0.39 is 60.4 Å². The van der Waals surface area contributed by atoms with Gasteiger partial charge >= 0.3 is 0 Å². The third kappa shape index (κ3) is 6.39. The number of thiophene rings is 1. The normalized spacial score (nSPS) is 13.8. The Labute approximate surface area is 338 Å². The lowest BCUT2D eigenvalue weighted by Crippen LogP contribution is -2.00. The lowest BCUT2D eigenvalue weighted by molar-refractivity contribution is 1.07. The number of hydrogen-bond acceptors (Lipinski definition) is 4. The first-order chi connectivity index (χ1) is 31.4. The first-order valence-corrected chi connectivity index (χ1v) is 18.4. The molecule has 0 fully saturated rings. The molecule has 0 saturated heterocycles. The molecule has 0 spiro atoms. The predicted octanol–water partition coefficient (Wildman–Crippen LogP) is 13.9. The van der Waals surface area contributed by atoms with Gasteiger partial charge in [0.2, 0.25) is 0 Å². The first-order valence-electron chi connectivity index (χ1n) is 22.6. The van der Waals surface area contributed by atoms with Crippen molar-refractivity contribution in [3.8, 4) is 78.7 Å². The average molecular weight is 730 g/mol. The maximum absolute atomic E-state index is 8.94. The van der Waals surface area contributed by atoms with Crippen LogP contribution in [0.15, 0.2) is 200 Å². The standard InChI is InChI=1S/C51H33N3S/c1-5-15-34(16-6-1)38-23-13-25-40(29-38)49-52-50(41-26-14-24-39(30-41)35-17-7-2-8-18-35)54-51(53-49)42-27-28-44-46-32-43(36-19-9-3-10-20-36)31-45(37-21-11-4-12-22-37)48(46)55-47(44)33-42/h1-33H/i3D,4D,9D,10D,11D,12D,19D,20D,21D,22D. The maximum Gasteiger partial charge on any atom is 0.164 e. The largest absolute Gasteiger partial charge is 0.208 e.